The summed E-state index contributed by atoms with van der Waals surface area (Å²) in [5.74, 6) is 0. The van der Waals surface area contributed by atoms with E-state index in [-0.39, 0.29) is 0 Å². The Morgan fingerprint density at radius 2 is 1.20 bits per heavy atom. The van der Waals surface area contributed by atoms with Crippen LogP contribution in [0.2, 0.25) is 0 Å². The van der Waals surface area contributed by atoms with Crippen molar-refractivity contribution in [2.75, 3.05) is 0 Å². The predicted octanol–water partition coefficient (Wildman–Crippen LogP) is 1.83. The van der Waals surface area contributed by atoms with Crippen LogP contribution < -0.4 is 10.7 Å². The summed E-state index contributed by atoms with van der Waals surface area (Å²) in [6.45, 7) is 0. The van der Waals surface area contributed by atoms with Crippen LogP contribution in [0.4, 0.5) is 0 Å². The maximum Gasteiger partial charge on any atom is 0.0977 e. The average molecular weight is 214 g/mol. The summed E-state index contributed by atoms with van der Waals surface area (Å²) in [6.07, 6.45) is 0. The van der Waals surface area contributed by atoms with E-state index in [0.717, 1.165) is 10.7 Å². The molecule has 0 fully saturated rings. The quantitative estimate of drug-likeness (QED) is 0.701. The number of rotatable bonds is 1. The van der Waals surface area contributed by atoms with Crippen LogP contribution in [0.5, 0.6) is 0 Å². The van der Waals surface area contributed by atoms with E-state index in [2.05, 4.69) is 20.9 Å². The van der Waals surface area contributed by atoms with E-state index in [9.17, 15) is 0 Å². The fourth-order valence-corrected chi connectivity index (χ4v) is 3.00. The molecule has 2 aromatic rings. The van der Waals surface area contributed by atoms with E-state index in [1.807, 2.05) is 42.5 Å². The molecule has 74 valence electrons. The first-order valence-electron chi connectivity index (χ1n) is 4.81. The Labute approximate surface area is 90.6 Å². The minimum atomic E-state index is -0.717. The Hall–Kier alpha value is -1.61. The summed E-state index contributed by atoms with van der Waals surface area (Å²) in [5.41, 5.74) is 0. The smallest absolute Gasteiger partial charge is 0.0977 e. The maximum atomic E-state index is 4.62. The second-order valence-electron chi connectivity index (χ2n) is 3.31. The van der Waals surface area contributed by atoms with Crippen molar-refractivity contribution in [2.45, 2.75) is 4.90 Å². The Morgan fingerprint density at radius 3 is 1.80 bits per heavy atom. The summed E-state index contributed by atoms with van der Waals surface area (Å²) in [4.78, 5) is 1.21. The number of hydrogen-bond acceptors (Lipinski definition) is 2. The molecule has 0 radical (unpaired) electrons. The van der Waals surface area contributed by atoms with Gasteiger partial charge in [0.15, 0.2) is 0 Å². The zero-order chi connectivity index (χ0) is 10.1. The first kappa shape index (κ1) is 8.68. The van der Waals surface area contributed by atoms with Gasteiger partial charge >= 0.3 is 0 Å². The van der Waals surface area contributed by atoms with E-state index in [1.165, 1.54) is 4.90 Å². The Kier molecular flexibility index (Phi) is 2.03. The Balaban J connectivity index is 2.12. The molecule has 0 aromatic heterocycles. The second-order valence-corrected chi connectivity index (χ2v) is 4.81. The molecule has 2 nitrogen and oxygen atoms in total. The van der Waals surface area contributed by atoms with Gasteiger partial charge in [-0.05, 0) is 35.5 Å². The van der Waals surface area contributed by atoms with Crippen LogP contribution in [0.3, 0.4) is 0 Å². The second kappa shape index (κ2) is 3.51. The van der Waals surface area contributed by atoms with Crippen molar-refractivity contribution in [1.82, 2.24) is 0 Å². The molecule has 1 aliphatic heterocycles. The van der Waals surface area contributed by atoms with E-state index >= 15 is 0 Å². The van der Waals surface area contributed by atoms with Gasteiger partial charge in [0.2, 0.25) is 0 Å². The largest absolute Gasteiger partial charge is 0.214 e. The minimum Gasteiger partial charge on any atom is -0.214 e. The molecule has 3 rings (SSSR count). The average Bonchev–Trinajstić information content (AvgIpc) is 2.74. The number of fused-ring (bicyclic) bond motifs is 1. The van der Waals surface area contributed by atoms with E-state index in [4.69, 9.17) is 0 Å². The van der Waals surface area contributed by atoms with Crippen molar-refractivity contribution in [1.29, 1.82) is 0 Å². The highest BCUT2D eigenvalue weighted by atomic mass is 32.2. The van der Waals surface area contributed by atoms with Gasteiger partial charge in [-0.25, -0.2) is 8.80 Å². The van der Waals surface area contributed by atoms with Crippen LogP contribution in [-0.4, -0.2) is 0 Å². The number of thiol groups is 1. The third-order valence-electron chi connectivity index (χ3n) is 2.27. The molecule has 15 heavy (non-hydrogen) atoms. The van der Waals surface area contributed by atoms with Crippen molar-refractivity contribution >= 4 is 11.3 Å². The van der Waals surface area contributed by atoms with Crippen LogP contribution >= 0.6 is 11.3 Å². The molecule has 0 saturated heterocycles. The van der Waals surface area contributed by atoms with Gasteiger partial charge in [-0.3, -0.25) is 0 Å². The summed E-state index contributed by atoms with van der Waals surface area (Å²) in [5, 5.41) is 2.04. The Bertz CT molecular complexity index is 558. The van der Waals surface area contributed by atoms with Gasteiger partial charge in [-0.1, -0.05) is 30.3 Å². The molecular weight excluding hydrogens is 204 g/mol. The van der Waals surface area contributed by atoms with Crippen molar-refractivity contribution in [2.24, 2.45) is 8.80 Å². The highest BCUT2D eigenvalue weighted by molar-refractivity contribution is 8.14. The van der Waals surface area contributed by atoms with Gasteiger partial charge in [0.05, 0.1) is 10.7 Å². The number of nitrogens with zero attached hydrogens (tertiary/aromatic N) is 2. The summed E-state index contributed by atoms with van der Waals surface area (Å²) >= 11 is -0.717. The normalized spacial score (nSPS) is 15.3. The summed E-state index contributed by atoms with van der Waals surface area (Å²) in [6, 6.07) is 18.3. The zero-order valence-electron chi connectivity index (χ0n) is 8.04. The SMILES string of the molecule is c1ccc([SH]2N=c3ccccc3=N2)cc1. The molecule has 0 aliphatic carbocycles. The minimum absolute atomic E-state index is 0.717. The summed E-state index contributed by atoms with van der Waals surface area (Å²) < 4.78 is 9.24. The lowest BCUT2D eigenvalue weighted by Crippen LogP contribution is -2.19. The first-order chi connectivity index (χ1) is 7.43. The number of hydrogen-bond donors (Lipinski definition) is 1. The van der Waals surface area contributed by atoms with E-state index in [0.29, 0.717) is 0 Å². The van der Waals surface area contributed by atoms with E-state index in [1.54, 1.807) is 0 Å². The molecule has 3 heteroatoms. The molecule has 0 N–H and O–H groups in total. The van der Waals surface area contributed by atoms with Crippen molar-refractivity contribution in [3.63, 3.8) is 0 Å². The molecule has 0 spiro atoms. The van der Waals surface area contributed by atoms with Crippen LogP contribution in [-0.2, 0) is 0 Å². The third-order valence-corrected chi connectivity index (χ3v) is 3.84. The van der Waals surface area contributed by atoms with Gasteiger partial charge < -0.3 is 0 Å². The molecule has 0 saturated carbocycles. The molecule has 0 amide bonds. The Morgan fingerprint density at radius 1 is 0.667 bits per heavy atom. The van der Waals surface area contributed by atoms with Crippen molar-refractivity contribution in [3.8, 4) is 0 Å². The fraction of sp³-hybridized carbons (Fsp3) is 0. The molecular formula is C12H10N2S. The monoisotopic (exact) mass is 214 g/mol. The molecule has 2 aromatic carbocycles. The lowest BCUT2D eigenvalue weighted by atomic mass is 10.3. The van der Waals surface area contributed by atoms with Gasteiger partial charge in [0.25, 0.3) is 0 Å². The van der Waals surface area contributed by atoms with Crippen LogP contribution in [0.15, 0.2) is 68.3 Å². The topological polar surface area (TPSA) is 24.7 Å². The van der Waals surface area contributed by atoms with Gasteiger partial charge in [0, 0.05) is 4.90 Å². The highest BCUT2D eigenvalue weighted by Crippen LogP contribution is 2.38. The molecule has 0 atom stereocenters. The number of para-hydroxylation sites is 2. The van der Waals surface area contributed by atoms with Gasteiger partial charge in [-0.15, -0.1) is 0 Å². The van der Waals surface area contributed by atoms with Crippen LogP contribution in [0.25, 0.3) is 0 Å². The fourth-order valence-electron chi connectivity index (χ4n) is 1.54. The molecule has 1 heterocycles. The van der Waals surface area contributed by atoms with Gasteiger partial charge in [-0.2, -0.15) is 0 Å². The highest BCUT2D eigenvalue weighted by Gasteiger charge is 2.06. The lowest BCUT2D eigenvalue weighted by molar-refractivity contribution is 1.37. The predicted molar refractivity (Wildman–Crippen MR) is 62.4 cm³/mol. The van der Waals surface area contributed by atoms with Crippen molar-refractivity contribution < 1.29 is 0 Å². The van der Waals surface area contributed by atoms with Crippen LogP contribution in [0.1, 0.15) is 0 Å². The zero-order valence-corrected chi connectivity index (χ0v) is 8.93. The van der Waals surface area contributed by atoms with Crippen LogP contribution in [0, 0.1) is 0 Å². The first-order valence-corrected chi connectivity index (χ1v) is 6.06. The molecule has 1 aliphatic rings. The van der Waals surface area contributed by atoms with Crippen molar-refractivity contribution in [3.05, 3.63) is 65.3 Å². The van der Waals surface area contributed by atoms with E-state index < -0.39 is 11.3 Å². The van der Waals surface area contributed by atoms with Gasteiger partial charge in [0.1, 0.15) is 0 Å². The lowest BCUT2D eigenvalue weighted by Gasteiger charge is -2.06. The summed E-state index contributed by atoms with van der Waals surface area (Å²) in [7, 11) is 0. The molecule has 0 bridgehead atoms. The maximum absolute atomic E-state index is 4.62. The third kappa shape index (κ3) is 1.55. The standard InChI is InChI=1S/C12H10N2S/c1-2-6-10(7-3-1)15-13-11-8-4-5-9-12(11)14-15/h1-9,15H. The number of benzene rings is 2. The molecule has 0 unspecified atom stereocenters.